The van der Waals surface area contributed by atoms with Gasteiger partial charge in [-0.1, -0.05) is 13.8 Å². The van der Waals surface area contributed by atoms with Gasteiger partial charge in [-0.05, 0) is 12.3 Å². The molecule has 0 aliphatic carbocycles. The van der Waals surface area contributed by atoms with Crippen LogP contribution >= 0.6 is 0 Å². The van der Waals surface area contributed by atoms with Gasteiger partial charge in [-0.3, -0.25) is 5.10 Å². The van der Waals surface area contributed by atoms with Crippen LogP contribution in [0.3, 0.4) is 0 Å². The Labute approximate surface area is 60.6 Å². The molecule has 0 radical (unpaired) electrons. The van der Waals surface area contributed by atoms with E-state index in [1.54, 1.807) is 6.20 Å². The summed E-state index contributed by atoms with van der Waals surface area (Å²) in [6, 6.07) is 0. The van der Waals surface area contributed by atoms with E-state index >= 15 is 0 Å². The first-order valence-corrected chi connectivity index (χ1v) is 3.54. The number of nitrogens with zero attached hydrogens (tertiary/aromatic N) is 1. The van der Waals surface area contributed by atoms with E-state index in [1.807, 2.05) is 0 Å². The molecular weight excluding hydrogens is 126 g/mol. The Morgan fingerprint density at radius 3 is 2.90 bits per heavy atom. The van der Waals surface area contributed by atoms with E-state index in [1.165, 1.54) is 0 Å². The van der Waals surface area contributed by atoms with Gasteiger partial charge in [-0.15, -0.1) is 0 Å². The summed E-state index contributed by atoms with van der Waals surface area (Å²) in [5.74, 6) is 1.22. The molecule has 1 aromatic rings. The van der Waals surface area contributed by atoms with Crippen LogP contribution in [0.15, 0.2) is 6.20 Å². The molecule has 0 spiro atoms. The van der Waals surface area contributed by atoms with Gasteiger partial charge >= 0.3 is 0 Å². The molecule has 0 fully saturated rings. The van der Waals surface area contributed by atoms with Crippen LogP contribution in [0.5, 0.6) is 0 Å². The van der Waals surface area contributed by atoms with E-state index < -0.39 is 0 Å². The maximum atomic E-state index is 5.60. The third-order valence-corrected chi connectivity index (χ3v) is 1.84. The molecule has 1 rings (SSSR count). The highest BCUT2D eigenvalue weighted by atomic mass is 15.1. The van der Waals surface area contributed by atoms with Crippen LogP contribution in [-0.4, -0.2) is 10.2 Å². The van der Waals surface area contributed by atoms with E-state index in [-0.39, 0.29) is 0 Å². The first kappa shape index (κ1) is 7.12. The van der Waals surface area contributed by atoms with Crippen molar-refractivity contribution in [2.24, 2.45) is 0 Å². The van der Waals surface area contributed by atoms with Crippen LogP contribution < -0.4 is 5.73 Å². The summed E-state index contributed by atoms with van der Waals surface area (Å²) >= 11 is 0. The highest BCUT2D eigenvalue weighted by molar-refractivity contribution is 5.39. The summed E-state index contributed by atoms with van der Waals surface area (Å²) in [5, 5.41) is 6.55. The zero-order chi connectivity index (χ0) is 7.56. The van der Waals surface area contributed by atoms with Crippen LogP contribution in [0, 0.1) is 0 Å². The van der Waals surface area contributed by atoms with Gasteiger partial charge in [0.25, 0.3) is 0 Å². The molecule has 0 saturated heterocycles. The topological polar surface area (TPSA) is 54.7 Å². The standard InChI is InChI=1S/C7H13N3/c1-3-5(2)6-4-9-10-7(6)8/h4-5H,3H2,1-2H3,(H3,8,9,10). The summed E-state index contributed by atoms with van der Waals surface area (Å²) in [4.78, 5) is 0. The third-order valence-electron chi connectivity index (χ3n) is 1.84. The highest BCUT2D eigenvalue weighted by Gasteiger charge is 2.07. The zero-order valence-electron chi connectivity index (χ0n) is 6.39. The normalized spacial score (nSPS) is 13.4. The van der Waals surface area contributed by atoms with Gasteiger partial charge in [-0.25, -0.2) is 0 Å². The molecule has 56 valence electrons. The SMILES string of the molecule is CCC(C)c1cn[nH]c1N. The Morgan fingerprint density at radius 1 is 1.80 bits per heavy atom. The van der Waals surface area contributed by atoms with Crippen molar-refractivity contribution < 1.29 is 0 Å². The van der Waals surface area contributed by atoms with Crippen molar-refractivity contribution in [1.29, 1.82) is 0 Å². The van der Waals surface area contributed by atoms with Crippen LogP contribution in [-0.2, 0) is 0 Å². The quantitative estimate of drug-likeness (QED) is 0.652. The minimum absolute atomic E-state index is 0.513. The number of hydrogen-bond acceptors (Lipinski definition) is 2. The van der Waals surface area contributed by atoms with Crippen molar-refractivity contribution in [3.63, 3.8) is 0 Å². The van der Waals surface area contributed by atoms with Crippen molar-refractivity contribution in [2.45, 2.75) is 26.2 Å². The van der Waals surface area contributed by atoms with Crippen molar-refractivity contribution in [3.8, 4) is 0 Å². The van der Waals surface area contributed by atoms with E-state index in [2.05, 4.69) is 24.0 Å². The van der Waals surface area contributed by atoms with Crippen LogP contribution in [0.2, 0.25) is 0 Å². The summed E-state index contributed by atoms with van der Waals surface area (Å²) in [7, 11) is 0. The minimum atomic E-state index is 0.513. The average Bonchev–Trinajstić information content (AvgIpc) is 2.34. The molecule has 0 saturated carbocycles. The lowest BCUT2D eigenvalue weighted by molar-refractivity contribution is 0.736. The number of aromatic amines is 1. The average molecular weight is 139 g/mol. The van der Waals surface area contributed by atoms with Gasteiger partial charge in [0.05, 0.1) is 6.20 Å². The Morgan fingerprint density at radius 2 is 2.50 bits per heavy atom. The zero-order valence-corrected chi connectivity index (χ0v) is 6.39. The monoisotopic (exact) mass is 139 g/mol. The number of nitrogens with one attached hydrogen (secondary N) is 1. The molecule has 1 atom stereocenters. The summed E-state index contributed by atoms with van der Waals surface area (Å²) in [6.07, 6.45) is 2.90. The summed E-state index contributed by atoms with van der Waals surface area (Å²) in [6.45, 7) is 4.28. The molecule has 0 bridgehead atoms. The van der Waals surface area contributed by atoms with Crippen molar-refractivity contribution in [2.75, 3.05) is 5.73 Å². The molecule has 3 heteroatoms. The van der Waals surface area contributed by atoms with E-state index in [0.717, 1.165) is 12.0 Å². The first-order valence-electron chi connectivity index (χ1n) is 3.54. The van der Waals surface area contributed by atoms with Crippen LogP contribution in [0.4, 0.5) is 5.82 Å². The number of hydrogen-bond donors (Lipinski definition) is 2. The van der Waals surface area contributed by atoms with E-state index in [9.17, 15) is 0 Å². The molecule has 0 aliphatic rings. The smallest absolute Gasteiger partial charge is 0.122 e. The van der Waals surface area contributed by atoms with Crippen molar-refractivity contribution in [3.05, 3.63) is 11.8 Å². The predicted octanol–water partition coefficient (Wildman–Crippen LogP) is 1.51. The number of H-pyrrole nitrogens is 1. The van der Waals surface area contributed by atoms with Gasteiger partial charge in [0.15, 0.2) is 0 Å². The number of aromatic nitrogens is 2. The second-order valence-electron chi connectivity index (χ2n) is 2.55. The fourth-order valence-electron chi connectivity index (χ4n) is 0.918. The maximum Gasteiger partial charge on any atom is 0.122 e. The van der Waals surface area contributed by atoms with Gasteiger partial charge in [0.1, 0.15) is 5.82 Å². The largest absolute Gasteiger partial charge is 0.384 e. The molecule has 0 amide bonds. The van der Waals surface area contributed by atoms with Crippen molar-refractivity contribution in [1.82, 2.24) is 10.2 Å². The molecule has 1 aromatic heterocycles. The Balaban J connectivity index is 2.82. The van der Waals surface area contributed by atoms with Crippen molar-refractivity contribution >= 4 is 5.82 Å². The number of rotatable bonds is 2. The molecule has 0 aliphatic heterocycles. The molecule has 3 nitrogen and oxygen atoms in total. The van der Waals surface area contributed by atoms with Gasteiger partial charge in [-0.2, -0.15) is 5.10 Å². The van der Waals surface area contributed by atoms with Crippen LogP contribution in [0.25, 0.3) is 0 Å². The Kier molecular flexibility index (Phi) is 1.94. The Bertz CT molecular complexity index is 204. The van der Waals surface area contributed by atoms with E-state index in [0.29, 0.717) is 11.7 Å². The second-order valence-corrected chi connectivity index (χ2v) is 2.55. The van der Waals surface area contributed by atoms with Gasteiger partial charge in [0.2, 0.25) is 0 Å². The highest BCUT2D eigenvalue weighted by Crippen LogP contribution is 2.21. The molecule has 3 N–H and O–H groups in total. The minimum Gasteiger partial charge on any atom is -0.384 e. The lowest BCUT2D eigenvalue weighted by Crippen LogP contribution is -1.95. The molecule has 1 heterocycles. The lowest BCUT2D eigenvalue weighted by Gasteiger charge is -2.04. The maximum absolute atomic E-state index is 5.60. The van der Waals surface area contributed by atoms with E-state index in [4.69, 9.17) is 5.73 Å². The molecular formula is C7H13N3. The predicted molar refractivity (Wildman–Crippen MR) is 41.7 cm³/mol. The molecule has 0 aromatic carbocycles. The lowest BCUT2D eigenvalue weighted by atomic mass is 10.0. The number of nitrogens with two attached hydrogens (primary N) is 1. The second kappa shape index (κ2) is 2.73. The Hall–Kier alpha value is -0.990. The van der Waals surface area contributed by atoms with Gasteiger partial charge in [0, 0.05) is 5.56 Å². The summed E-state index contributed by atoms with van der Waals surface area (Å²) < 4.78 is 0. The first-order chi connectivity index (χ1) is 4.75. The number of nitrogen functional groups attached to an aromatic ring is 1. The fourth-order valence-corrected chi connectivity index (χ4v) is 0.918. The third kappa shape index (κ3) is 1.12. The fraction of sp³-hybridized carbons (Fsp3) is 0.571. The molecule has 10 heavy (non-hydrogen) atoms. The van der Waals surface area contributed by atoms with Gasteiger partial charge < -0.3 is 5.73 Å². The summed E-state index contributed by atoms with van der Waals surface area (Å²) in [5.41, 5.74) is 6.73. The van der Waals surface area contributed by atoms with Crippen LogP contribution in [0.1, 0.15) is 31.7 Å². The molecule has 1 unspecified atom stereocenters. The number of anilines is 1.